The number of hydrogen-bond donors (Lipinski definition) is 1. The number of nitrogens with zero attached hydrogens (tertiary/aromatic N) is 4. The van der Waals surface area contributed by atoms with Gasteiger partial charge in [-0.05, 0) is 30.9 Å². The van der Waals surface area contributed by atoms with E-state index < -0.39 is 0 Å². The lowest BCUT2D eigenvalue weighted by atomic mass is 10.0. The Bertz CT molecular complexity index is 912. The molecule has 1 fully saturated rings. The molecule has 2 aliphatic rings. The summed E-state index contributed by atoms with van der Waals surface area (Å²) >= 11 is 0. The zero-order chi connectivity index (χ0) is 18.1. The van der Waals surface area contributed by atoms with Gasteiger partial charge in [0.25, 0.3) is 11.5 Å². The third kappa shape index (κ3) is 3.00. The lowest BCUT2D eigenvalue weighted by Crippen LogP contribution is -2.45. The topological polar surface area (TPSA) is 80.1 Å². The van der Waals surface area contributed by atoms with Gasteiger partial charge in [-0.25, -0.2) is 9.97 Å². The van der Waals surface area contributed by atoms with E-state index in [1.165, 1.54) is 4.57 Å². The van der Waals surface area contributed by atoms with Crippen molar-refractivity contribution in [1.82, 2.24) is 19.9 Å². The van der Waals surface area contributed by atoms with E-state index in [1.807, 2.05) is 18.2 Å². The van der Waals surface area contributed by atoms with Crippen LogP contribution in [0.1, 0.15) is 34.3 Å². The summed E-state index contributed by atoms with van der Waals surface area (Å²) in [5.41, 5.74) is 2.02. The Hall–Kier alpha value is -2.96. The van der Waals surface area contributed by atoms with Crippen LogP contribution in [0.15, 0.2) is 35.7 Å². The highest BCUT2D eigenvalue weighted by atomic mass is 16.2. The van der Waals surface area contributed by atoms with Gasteiger partial charge in [0, 0.05) is 44.1 Å². The second-order valence-electron chi connectivity index (χ2n) is 6.76. The number of amides is 1. The van der Waals surface area contributed by atoms with Crippen LogP contribution in [0.2, 0.25) is 0 Å². The summed E-state index contributed by atoms with van der Waals surface area (Å²) in [7, 11) is 1.69. The highest BCUT2D eigenvalue weighted by Gasteiger charge is 2.25. The van der Waals surface area contributed by atoms with Crippen molar-refractivity contribution in [3.63, 3.8) is 0 Å². The number of fused-ring (bicyclic) bond motifs is 1. The monoisotopic (exact) mass is 351 g/mol. The number of allylic oxidation sites excluding steroid dienone is 1. The molecule has 1 aliphatic carbocycles. The summed E-state index contributed by atoms with van der Waals surface area (Å²) in [6, 6.07) is 2.03. The van der Waals surface area contributed by atoms with Crippen LogP contribution < -0.4 is 15.8 Å². The molecule has 2 aromatic rings. The van der Waals surface area contributed by atoms with E-state index in [9.17, 15) is 9.59 Å². The van der Waals surface area contributed by atoms with Crippen LogP contribution in [0.25, 0.3) is 6.08 Å². The molecule has 0 radical (unpaired) electrons. The molecule has 1 saturated heterocycles. The van der Waals surface area contributed by atoms with E-state index in [4.69, 9.17) is 0 Å². The number of anilines is 1. The highest BCUT2D eigenvalue weighted by Crippen LogP contribution is 2.21. The van der Waals surface area contributed by atoms with Gasteiger partial charge in [-0.2, -0.15) is 0 Å². The number of carbonyl (C=O) groups is 1. The molecule has 0 aromatic carbocycles. The second kappa shape index (κ2) is 6.74. The second-order valence-corrected chi connectivity index (χ2v) is 6.76. The molecule has 2 aromatic heterocycles. The minimum Gasteiger partial charge on any atom is -0.356 e. The Labute approximate surface area is 151 Å². The number of rotatable bonds is 3. The molecule has 1 amide bonds. The molecule has 0 saturated carbocycles. The smallest absolute Gasteiger partial charge is 0.254 e. The summed E-state index contributed by atoms with van der Waals surface area (Å²) < 4.78 is 1.50. The number of carbonyl (C=O) groups excluding carboxylic acids is 1. The first kappa shape index (κ1) is 16.5. The highest BCUT2D eigenvalue weighted by molar-refractivity contribution is 5.98. The molecule has 0 atom stereocenters. The van der Waals surface area contributed by atoms with Gasteiger partial charge in [-0.15, -0.1) is 0 Å². The molecular weight excluding hydrogens is 330 g/mol. The van der Waals surface area contributed by atoms with Crippen molar-refractivity contribution in [3.05, 3.63) is 57.9 Å². The maximum Gasteiger partial charge on any atom is 0.254 e. The van der Waals surface area contributed by atoms with Crippen molar-refractivity contribution in [2.45, 2.75) is 25.3 Å². The molecular formula is C19H21N5O2. The lowest BCUT2D eigenvalue weighted by molar-refractivity contribution is 0.0930. The number of hydrogen-bond acceptors (Lipinski definition) is 5. The molecule has 134 valence electrons. The fourth-order valence-electron chi connectivity index (χ4n) is 3.66. The van der Waals surface area contributed by atoms with Gasteiger partial charge in [0.1, 0.15) is 12.1 Å². The van der Waals surface area contributed by atoms with Crippen molar-refractivity contribution in [1.29, 1.82) is 0 Å². The van der Waals surface area contributed by atoms with Crippen LogP contribution in [-0.4, -0.2) is 39.6 Å². The number of aromatic nitrogens is 3. The fraction of sp³-hybridized carbons (Fsp3) is 0.368. The normalized spacial score (nSPS) is 16.6. The maximum absolute atomic E-state index is 12.8. The largest absolute Gasteiger partial charge is 0.356 e. The SMILES string of the molecule is Cn1cc(C(=O)NC2CCN(c3ccncn3)CC2)c2c(c1=O)CC=C2. The number of aryl methyl sites for hydroxylation is 1. The molecule has 4 rings (SSSR count). The van der Waals surface area contributed by atoms with Crippen LogP contribution in [0.3, 0.4) is 0 Å². The van der Waals surface area contributed by atoms with Gasteiger partial charge in [0.05, 0.1) is 5.56 Å². The molecule has 0 unspecified atom stereocenters. The van der Waals surface area contributed by atoms with E-state index in [2.05, 4.69) is 20.2 Å². The Morgan fingerprint density at radius 3 is 2.85 bits per heavy atom. The third-order valence-electron chi connectivity index (χ3n) is 5.09. The molecule has 1 N–H and O–H groups in total. The van der Waals surface area contributed by atoms with E-state index in [0.29, 0.717) is 17.5 Å². The van der Waals surface area contributed by atoms with Crippen LogP contribution in [0, 0.1) is 0 Å². The molecule has 3 heterocycles. The lowest BCUT2D eigenvalue weighted by Gasteiger charge is -2.33. The van der Waals surface area contributed by atoms with Crippen molar-refractivity contribution in [3.8, 4) is 0 Å². The van der Waals surface area contributed by atoms with Crippen LogP contribution >= 0.6 is 0 Å². The van der Waals surface area contributed by atoms with Crippen molar-refractivity contribution in [2.24, 2.45) is 7.05 Å². The van der Waals surface area contributed by atoms with Crippen molar-refractivity contribution >= 4 is 17.8 Å². The number of pyridine rings is 1. The quantitative estimate of drug-likeness (QED) is 0.897. The molecule has 7 nitrogen and oxygen atoms in total. The third-order valence-corrected chi connectivity index (χ3v) is 5.09. The van der Waals surface area contributed by atoms with Gasteiger partial charge >= 0.3 is 0 Å². The Kier molecular flexibility index (Phi) is 4.28. The predicted molar refractivity (Wildman–Crippen MR) is 99.2 cm³/mol. The zero-order valence-corrected chi connectivity index (χ0v) is 14.7. The molecule has 0 bridgehead atoms. The summed E-state index contributed by atoms with van der Waals surface area (Å²) in [6.45, 7) is 1.68. The molecule has 7 heteroatoms. The number of piperidine rings is 1. The minimum atomic E-state index is -0.108. The Balaban J connectivity index is 1.44. The zero-order valence-electron chi connectivity index (χ0n) is 14.7. The van der Waals surface area contributed by atoms with E-state index >= 15 is 0 Å². The van der Waals surface area contributed by atoms with E-state index in [0.717, 1.165) is 37.3 Å². The van der Waals surface area contributed by atoms with Gasteiger partial charge in [-0.3, -0.25) is 9.59 Å². The molecule has 1 aliphatic heterocycles. The van der Waals surface area contributed by atoms with Gasteiger partial charge in [-0.1, -0.05) is 12.2 Å². The maximum atomic E-state index is 12.8. The van der Waals surface area contributed by atoms with E-state index in [-0.39, 0.29) is 17.5 Å². The summed E-state index contributed by atoms with van der Waals surface area (Å²) in [5.74, 6) is 0.815. The Morgan fingerprint density at radius 1 is 1.31 bits per heavy atom. The molecule has 0 spiro atoms. The minimum absolute atomic E-state index is 0.0280. The van der Waals surface area contributed by atoms with Crippen molar-refractivity contribution < 1.29 is 4.79 Å². The van der Waals surface area contributed by atoms with Crippen LogP contribution in [0.5, 0.6) is 0 Å². The van der Waals surface area contributed by atoms with Crippen molar-refractivity contribution in [2.75, 3.05) is 18.0 Å². The standard InChI is InChI=1S/C19H21N5O2/c1-23-11-16(14-3-2-4-15(14)19(23)26)18(25)22-13-6-9-24(10-7-13)17-5-8-20-12-21-17/h2-3,5,8,11-13H,4,6-7,9-10H2,1H3,(H,22,25). The summed E-state index contributed by atoms with van der Waals surface area (Å²) in [4.78, 5) is 35.4. The first-order chi connectivity index (χ1) is 12.6. The van der Waals surface area contributed by atoms with Crippen LogP contribution in [0.4, 0.5) is 5.82 Å². The summed E-state index contributed by atoms with van der Waals surface area (Å²) in [6.07, 6.45) is 11.1. The number of nitrogens with one attached hydrogen (secondary N) is 1. The fourth-order valence-corrected chi connectivity index (χ4v) is 3.66. The van der Waals surface area contributed by atoms with Gasteiger partial charge in [0.2, 0.25) is 0 Å². The predicted octanol–water partition coefficient (Wildman–Crippen LogP) is 1.14. The average Bonchev–Trinajstić information content (AvgIpc) is 3.16. The Morgan fingerprint density at radius 2 is 2.12 bits per heavy atom. The summed E-state index contributed by atoms with van der Waals surface area (Å²) in [5, 5.41) is 3.14. The average molecular weight is 351 g/mol. The van der Waals surface area contributed by atoms with Gasteiger partial charge in [0.15, 0.2) is 0 Å². The molecule has 26 heavy (non-hydrogen) atoms. The van der Waals surface area contributed by atoms with E-state index in [1.54, 1.807) is 25.8 Å². The first-order valence-electron chi connectivity index (χ1n) is 8.84. The van der Waals surface area contributed by atoms with Gasteiger partial charge < -0.3 is 14.8 Å². The first-order valence-corrected chi connectivity index (χ1v) is 8.84. The van der Waals surface area contributed by atoms with Crippen LogP contribution in [-0.2, 0) is 13.5 Å².